The quantitative estimate of drug-likeness (QED) is 0.182. The van der Waals surface area contributed by atoms with E-state index in [1.165, 1.54) is 61.9 Å². The molecule has 32 heavy (non-hydrogen) atoms. The highest BCUT2D eigenvalue weighted by Gasteiger charge is 2.20. The largest absolute Gasteiger partial charge is 0.462 e. The number of benzene rings is 1. The van der Waals surface area contributed by atoms with Gasteiger partial charge >= 0.3 is 5.97 Å². The number of esters is 1. The van der Waals surface area contributed by atoms with Crippen molar-refractivity contribution >= 4 is 22.3 Å². The molecule has 0 fully saturated rings. The van der Waals surface area contributed by atoms with E-state index in [9.17, 15) is 4.79 Å². The second kappa shape index (κ2) is 12.8. The molecule has 0 radical (unpaired) electrons. The highest BCUT2D eigenvalue weighted by Crippen LogP contribution is 2.38. The third-order valence-electron chi connectivity index (χ3n) is 6.11. The molecule has 0 amide bonds. The number of hydrogen-bond donors (Lipinski definition) is 0. The maximum atomic E-state index is 12.4. The lowest BCUT2D eigenvalue weighted by Crippen LogP contribution is -2.06. The summed E-state index contributed by atoms with van der Waals surface area (Å²) in [5, 5.41) is 0. The summed E-state index contributed by atoms with van der Waals surface area (Å²) in [5.41, 5.74) is 3.10. The number of hydrogen-bond acceptors (Lipinski definition) is 4. The molecule has 0 aliphatic carbocycles. The topological polar surface area (TPSA) is 43.6 Å². The van der Waals surface area contributed by atoms with E-state index in [1.807, 2.05) is 18.3 Å². The van der Waals surface area contributed by atoms with Gasteiger partial charge in [-0.25, -0.2) is 9.78 Å². The number of rotatable bonds is 14. The molecular formula is C27H38N2O2S. The first kappa shape index (κ1) is 24.5. The standard InChI is InChI=1S/C27H38N2O2S/c1-4-6-8-9-10-12-20-31-26(30)23-16-14-22(15-17-23)25-24(21(3)13-11-7-5-2)29-19-18-28-27(29)32-25/h14-19,21H,4-13,20H2,1-3H3. The van der Waals surface area contributed by atoms with Crippen LogP contribution in [-0.2, 0) is 4.74 Å². The Hall–Kier alpha value is -2.14. The van der Waals surface area contributed by atoms with Crippen LogP contribution in [0.4, 0.5) is 0 Å². The number of nitrogens with zero attached hydrogens (tertiary/aromatic N) is 2. The van der Waals surface area contributed by atoms with E-state index >= 15 is 0 Å². The zero-order valence-corrected chi connectivity index (χ0v) is 20.8. The van der Waals surface area contributed by atoms with Crippen molar-refractivity contribution in [2.24, 2.45) is 0 Å². The third kappa shape index (κ3) is 6.44. The summed E-state index contributed by atoms with van der Waals surface area (Å²) in [6.07, 6.45) is 16.0. The molecule has 0 aliphatic heterocycles. The Morgan fingerprint density at radius 2 is 1.69 bits per heavy atom. The molecule has 0 spiro atoms. The van der Waals surface area contributed by atoms with Crippen molar-refractivity contribution in [2.45, 2.75) is 90.9 Å². The smallest absolute Gasteiger partial charge is 0.338 e. The number of thiazole rings is 1. The molecule has 174 valence electrons. The average molecular weight is 455 g/mol. The maximum absolute atomic E-state index is 12.4. The number of ether oxygens (including phenoxy) is 1. The first-order valence-corrected chi connectivity index (χ1v) is 13.2. The molecule has 2 aromatic heterocycles. The fourth-order valence-corrected chi connectivity index (χ4v) is 5.41. The van der Waals surface area contributed by atoms with Crippen LogP contribution in [0.25, 0.3) is 15.4 Å². The van der Waals surface area contributed by atoms with Gasteiger partial charge in [-0.2, -0.15) is 0 Å². The number of imidazole rings is 1. The van der Waals surface area contributed by atoms with Crippen molar-refractivity contribution in [1.82, 2.24) is 9.38 Å². The highest BCUT2D eigenvalue weighted by atomic mass is 32.1. The maximum Gasteiger partial charge on any atom is 0.338 e. The first-order chi connectivity index (χ1) is 15.7. The van der Waals surface area contributed by atoms with Gasteiger partial charge < -0.3 is 4.74 Å². The lowest BCUT2D eigenvalue weighted by molar-refractivity contribution is 0.0497. The van der Waals surface area contributed by atoms with E-state index in [1.54, 1.807) is 11.3 Å². The van der Waals surface area contributed by atoms with Crippen LogP contribution in [0, 0.1) is 0 Å². The van der Waals surface area contributed by atoms with Crippen LogP contribution in [0.15, 0.2) is 36.7 Å². The SMILES string of the molecule is CCCCCCCCOC(=O)c1ccc(-c2sc3nccn3c2C(C)CCCCC)cc1. The van der Waals surface area contributed by atoms with Crippen LogP contribution < -0.4 is 0 Å². The molecule has 2 heterocycles. The van der Waals surface area contributed by atoms with Crippen molar-refractivity contribution in [3.05, 3.63) is 47.9 Å². The van der Waals surface area contributed by atoms with Crippen LogP contribution in [0.3, 0.4) is 0 Å². The first-order valence-electron chi connectivity index (χ1n) is 12.4. The van der Waals surface area contributed by atoms with Gasteiger partial charge in [-0.1, -0.05) is 95.6 Å². The fourth-order valence-electron chi connectivity index (χ4n) is 4.20. The fraction of sp³-hybridized carbons (Fsp3) is 0.556. The van der Waals surface area contributed by atoms with Gasteiger partial charge in [0.1, 0.15) is 0 Å². The number of carbonyl (C=O) groups excluding carboxylic acids is 1. The van der Waals surface area contributed by atoms with Crippen LogP contribution >= 0.6 is 11.3 Å². The van der Waals surface area contributed by atoms with Gasteiger partial charge in [-0.3, -0.25) is 4.40 Å². The van der Waals surface area contributed by atoms with Gasteiger partial charge in [-0.15, -0.1) is 0 Å². The molecule has 0 saturated heterocycles. The normalized spacial score (nSPS) is 12.3. The van der Waals surface area contributed by atoms with Gasteiger partial charge in [0.05, 0.1) is 17.0 Å². The number of fused-ring (bicyclic) bond motifs is 1. The molecule has 0 saturated carbocycles. The second-order valence-electron chi connectivity index (χ2n) is 8.77. The average Bonchev–Trinajstić information content (AvgIpc) is 3.40. The Morgan fingerprint density at radius 3 is 2.44 bits per heavy atom. The lowest BCUT2D eigenvalue weighted by atomic mass is 9.96. The zero-order valence-electron chi connectivity index (χ0n) is 19.9. The molecule has 3 rings (SSSR count). The summed E-state index contributed by atoms with van der Waals surface area (Å²) in [4.78, 5) is 19.2. The van der Waals surface area contributed by atoms with Crippen LogP contribution in [0.1, 0.15) is 107 Å². The third-order valence-corrected chi connectivity index (χ3v) is 7.25. The molecule has 0 bridgehead atoms. The van der Waals surface area contributed by atoms with E-state index < -0.39 is 0 Å². The summed E-state index contributed by atoms with van der Waals surface area (Å²) < 4.78 is 7.72. The molecule has 0 aliphatic rings. The number of unbranched alkanes of at least 4 members (excludes halogenated alkanes) is 7. The van der Waals surface area contributed by atoms with E-state index in [0.29, 0.717) is 18.1 Å². The molecule has 1 atom stereocenters. The van der Waals surface area contributed by atoms with Crippen molar-refractivity contribution < 1.29 is 9.53 Å². The van der Waals surface area contributed by atoms with E-state index in [4.69, 9.17) is 4.74 Å². The molecule has 0 N–H and O–H groups in total. The van der Waals surface area contributed by atoms with Crippen molar-refractivity contribution in [1.29, 1.82) is 0 Å². The monoisotopic (exact) mass is 454 g/mol. The van der Waals surface area contributed by atoms with E-state index in [2.05, 4.69) is 48.5 Å². The Balaban J connectivity index is 1.63. The van der Waals surface area contributed by atoms with E-state index in [-0.39, 0.29) is 5.97 Å². The van der Waals surface area contributed by atoms with Crippen LogP contribution in [0.5, 0.6) is 0 Å². The minimum absolute atomic E-state index is 0.223. The lowest BCUT2D eigenvalue weighted by Gasteiger charge is -2.14. The number of aromatic nitrogens is 2. The Kier molecular flexibility index (Phi) is 9.79. The van der Waals surface area contributed by atoms with Crippen molar-refractivity contribution in [3.8, 4) is 10.4 Å². The van der Waals surface area contributed by atoms with Gasteiger partial charge in [0.15, 0.2) is 4.96 Å². The summed E-state index contributed by atoms with van der Waals surface area (Å²) >= 11 is 1.73. The molecule has 1 unspecified atom stereocenters. The van der Waals surface area contributed by atoms with Gasteiger partial charge in [-0.05, 0) is 36.5 Å². The van der Waals surface area contributed by atoms with Gasteiger partial charge in [0.25, 0.3) is 0 Å². The Morgan fingerprint density at radius 1 is 1.00 bits per heavy atom. The summed E-state index contributed by atoms with van der Waals surface area (Å²) in [6.45, 7) is 7.29. The molecular weight excluding hydrogens is 416 g/mol. The second-order valence-corrected chi connectivity index (χ2v) is 9.75. The molecule has 1 aromatic carbocycles. The minimum atomic E-state index is -0.223. The Bertz CT molecular complexity index is 958. The van der Waals surface area contributed by atoms with Crippen molar-refractivity contribution in [2.75, 3.05) is 6.61 Å². The highest BCUT2D eigenvalue weighted by molar-refractivity contribution is 7.20. The summed E-state index contributed by atoms with van der Waals surface area (Å²) in [5.74, 6) is 0.237. The predicted octanol–water partition coefficient (Wildman–Crippen LogP) is 8.26. The van der Waals surface area contributed by atoms with Crippen molar-refractivity contribution in [3.63, 3.8) is 0 Å². The van der Waals surface area contributed by atoms with Gasteiger partial charge in [0.2, 0.25) is 0 Å². The van der Waals surface area contributed by atoms with Gasteiger partial charge in [0, 0.05) is 18.1 Å². The number of carbonyl (C=O) groups is 1. The predicted molar refractivity (Wildman–Crippen MR) is 135 cm³/mol. The summed E-state index contributed by atoms with van der Waals surface area (Å²) in [6, 6.07) is 7.89. The Labute approximate surface area is 197 Å². The van der Waals surface area contributed by atoms with Crippen LogP contribution in [-0.4, -0.2) is 22.0 Å². The molecule has 4 nitrogen and oxygen atoms in total. The van der Waals surface area contributed by atoms with E-state index in [0.717, 1.165) is 23.4 Å². The minimum Gasteiger partial charge on any atom is -0.462 e. The van der Waals surface area contributed by atoms with Crippen LogP contribution in [0.2, 0.25) is 0 Å². The molecule has 5 heteroatoms. The molecule has 3 aromatic rings. The summed E-state index contributed by atoms with van der Waals surface area (Å²) in [7, 11) is 0. The zero-order chi connectivity index (χ0) is 22.8.